The van der Waals surface area contributed by atoms with Crippen LogP contribution in [-0.2, 0) is 0 Å². The van der Waals surface area contributed by atoms with Crippen LogP contribution in [0, 0.1) is 0 Å². The van der Waals surface area contributed by atoms with Crippen LogP contribution in [0.3, 0.4) is 0 Å². The van der Waals surface area contributed by atoms with Gasteiger partial charge in [-0.25, -0.2) is 0 Å². The lowest BCUT2D eigenvalue weighted by molar-refractivity contribution is 1.02. The second-order valence-corrected chi connectivity index (χ2v) is 3.55. The molecule has 1 atom stereocenters. The van der Waals surface area contributed by atoms with E-state index in [1.54, 1.807) is 0 Å². The summed E-state index contributed by atoms with van der Waals surface area (Å²) >= 11 is 4.36. The largest absolute Gasteiger partial charge is 0.399 e. The van der Waals surface area contributed by atoms with E-state index in [0.717, 1.165) is 5.70 Å². The molecule has 0 aliphatic heterocycles. The fourth-order valence-electron chi connectivity index (χ4n) is 0.730. The molecule has 1 unspecified atom stereocenters. The zero-order chi connectivity index (χ0) is 11.6. The van der Waals surface area contributed by atoms with Gasteiger partial charge in [0.1, 0.15) is 0 Å². The van der Waals surface area contributed by atoms with E-state index in [9.17, 15) is 0 Å². The Hall–Kier alpha value is -0.630. The van der Waals surface area contributed by atoms with Crippen molar-refractivity contribution in [3.05, 3.63) is 36.1 Å². The molecule has 0 aromatic rings. The first-order valence-electron chi connectivity index (χ1n) is 5.17. The predicted molar refractivity (Wildman–Crippen MR) is 70.6 cm³/mol. The molecule has 2 heteroatoms. The molecule has 0 saturated carbocycles. The normalized spacial score (nSPS) is 23.4. The molecule has 1 nitrogen and oxygen atoms in total. The van der Waals surface area contributed by atoms with E-state index in [4.69, 9.17) is 5.73 Å². The van der Waals surface area contributed by atoms with Gasteiger partial charge in [0, 0.05) is 10.4 Å². The summed E-state index contributed by atoms with van der Waals surface area (Å²) in [6.45, 7) is 10.0. The number of thiol groups is 1. The molecule has 0 saturated heterocycles. The summed E-state index contributed by atoms with van der Waals surface area (Å²) in [5.41, 5.74) is 6.32. The van der Waals surface area contributed by atoms with Gasteiger partial charge in [0.15, 0.2) is 0 Å². The molecule has 0 fully saturated rings. The Bertz CT molecular complexity index is 212. The first kappa shape index (κ1) is 15.8. The molecule has 14 heavy (non-hydrogen) atoms. The van der Waals surface area contributed by atoms with Crippen molar-refractivity contribution in [3.8, 4) is 0 Å². The lowest BCUT2D eigenvalue weighted by Crippen LogP contribution is -2.06. The number of hydrogen-bond donors (Lipinski definition) is 2. The van der Waals surface area contributed by atoms with Gasteiger partial charge in [-0.2, -0.15) is 12.6 Å². The van der Waals surface area contributed by atoms with E-state index in [2.05, 4.69) is 12.6 Å². The van der Waals surface area contributed by atoms with Crippen LogP contribution >= 0.6 is 12.6 Å². The van der Waals surface area contributed by atoms with Crippen LogP contribution in [0.1, 0.15) is 34.6 Å². The second-order valence-electron chi connectivity index (χ2n) is 2.58. The third-order valence-corrected chi connectivity index (χ3v) is 1.63. The third kappa shape index (κ3) is 7.99. The van der Waals surface area contributed by atoms with Crippen molar-refractivity contribution in [2.45, 2.75) is 39.4 Å². The highest BCUT2D eigenvalue weighted by atomic mass is 32.1. The Morgan fingerprint density at radius 2 is 1.64 bits per heavy atom. The minimum atomic E-state index is -0.155. The highest BCUT2D eigenvalue weighted by Crippen LogP contribution is 2.19. The topological polar surface area (TPSA) is 26.0 Å². The standard InChI is InChI=1S/C8H11NS.2C2H6/c1-8(10)5-2-3-7(9)4-6-8;2*1-2/h2-6,10H,9H2,1H3;2*1-2H3. The quantitative estimate of drug-likeness (QED) is 0.590. The summed E-state index contributed by atoms with van der Waals surface area (Å²) in [5.74, 6) is 0. The maximum absolute atomic E-state index is 5.54. The van der Waals surface area contributed by atoms with Crippen molar-refractivity contribution in [2.24, 2.45) is 5.73 Å². The van der Waals surface area contributed by atoms with Gasteiger partial charge in [-0.05, 0) is 19.1 Å². The van der Waals surface area contributed by atoms with Crippen LogP contribution in [0.15, 0.2) is 36.1 Å². The molecule has 0 aromatic heterocycles. The van der Waals surface area contributed by atoms with E-state index in [1.165, 1.54) is 0 Å². The average molecular weight is 213 g/mol. The molecule has 0 bridgehead atoms. The maximum Gasteiger partial charge on any atom is 0.0467 e. The highest BCUT2D eigenvalue weighted by Gasteiger charge is 2.10. The van der Waals surface area contributed by atoms with Crippen LogP contribution in [0.25, 0.3) is 0 Å². The van der Waals surface area contributed by atoms with Crippen LogP contribution in [0.5, 0.6) is 0 Å². The number of hydrogen-bond acceptors (Lipinski definition) is 2. The van der Waals surface area contributed by atoms with Crippen molar-refractivity contribution in [1.82, 2.24) is 0 Å². The van der Waals surface area contributed by atoms with Gasteiger partial charge in [0.05, 0.1) is 0 Å². The molecule has 82 valence electrons. The highest BCUT2D eigenvalue weighted by molar-refractivity contribution is 7.82. The van der Waals surface area contributed by atoms with Gasteiger partial charge >= 0.3 is 0 Å². The Kier molecular flexibility index (Phi) is 10.1. The summed E-state index contributed by atoms with van der Waals surface area (Å²) in [5, 5.41) is 0. The minimum Gasteiger partial charge on any atom is -0.399 e. The number of rotatable bonds is 0. The van der Waals surface area contributed by atoms with Gasteiger partial charge in [-0.1, -0.05) is 45.9 Å². The zero-order valence-corrected chi connectivity index (χ0v) is 10.8. The third-order valence-electron chi connectivity index (χ3n) is 1.34. The smallest absolute Gasteiger partial charge is 0.0467 e. The molecule has 0 spiro atoms. The van der Waals surface area contributed by atoms with Crippen LogP contribution < -0.4 is 5.73 Å². The van der Waals surface area contributed by atoms with Gasteiger partial charge in [-0.15, -0.1) is 0 Å². The van der Waals surface area contributed by atoms with E-state index in [-0.39, 0.29) is 4.75 Å². The Balaban J connectivity index is 0. The van der Waals surface area contributed by atoms with E-state index >= 15 is 0 Å². The SMILES string of the molecule is CC.CC.CC1(S)C=CC=C(N)C=C1. The van der Waals surface area contributed by atoms with Gasteiger partial charge in [0.25, 0.3) is 0 Å². The van der Waals surface area contributed by atoms with Crippen molar-refractivity contribution in [2.75, 3.05) is 0 Å². The molecular weight excluding hydrogens is 190 g/mol. The zero-order valence-electron chi connectivity index (χ0n) is 9.91. The summed E-state index contributed by atoms with van der Waals surface area (Å²) in [6.07, 6.45) is 9.60. The lowest BCUT2D eigenvalue weighted by Gasteiger charge is -2.10. The first-order chi connectivity index (χ1) is 6.60. The lowest BCUT2D eigenvalue weighted by atomic mass is 10.1. The second kappa shape index (κ2) is 8.95. The molecule has 0 aromatic carbocycles. The minimum absolute atomic E-state index is 0.155. The Labute approximate surface area is 94.2 Å². The molecule has 0 radical (unpaired) electrons. The summed E-state index contributed by atoms with van der Waals surface area (Å²) in [6, 6.07) is 0. The summed E-state index contributed by atoms with van der Waals surface area (Å²) in [7, 11) is 0. The first-order valence-corrected chi connectivity index (χ1v) is 5.61. The predicted octanol–water partition coefficient (Wildman–Crippen LogP) is 3.70. The fourth-order valence-corrected chi connectivity index (χ4v) is 0.891. The van der Waals surface area contributed by atoms with Crippen molar-refractivity contribution >= 4 is 12.6 Å². The fraction of sp³-hybridized carbons (Fsp3) is 0.500. The molecule has 1 rings (SSSR count). The maximum atomic E-state index is 5.54. The van der Waals surface area contributed by atoms with Gasteiger partial charge in [0.2, 0.25) is 0 Å². The van der Waals surface area contributed by atoms with Gasteiger partial charge in [-0.3, -0.25) is 0 Å². The number of nitrogens with two attached hydrogens (primary N) is 1. The van der Waals surface area contributed by atoms with E-state index < -0.39 is 0 Å². The van der Waals surface area contributed by atoms with Gasteiger partial charge < -0.3 is 5.73 Å². The average Bonchev–Trinajstić information content (AvgIpc) is 2.35. The van der Waals surface area contributed by atoms with Crippen LogP contribution in [-0.4, -0.2) is 4.75 Å². The van der Waals surface area contributed by atoms with Crippen LogP contribution in [0.2, 0.25) is 0 Å². The van der Waals surface area contributed by atoms with Crippen molar-refractivity contribution in [1.29, 1.82) is 0 Å². The van der Waals surface area contributed by atoms with E-state index in [1.807, 2.05) is 65.0 Å². The number of allylic oxidation sites excluding steroid dienone is 3. The molecule has 1 aliphatic carbocycles. The monoisotopic (exact) mass is 213 g/mol. The molecule has 2 N–H and O–H groups in total. The summed E-state index contributed by atoms with van der Waals surface area (Å²) < 4.78 is -0.155. The molecular formula is C12H23NS. The molecule has 0 heterocycles. The Morgan fingerprint density at radius 3 is 2.14 bits per heavy atom. The molecule has 0 amide bonds. The Morgan fingerprint density at radius 1 is 1.14 bits per heavy atom. The molecule has 1 aliphatic rings. The summed E-state index contributed by atoms with van der Waals surface area (Å²) in [4.78, 5) is 0. The van der Waals surface area contributed by atoms with Crippen LogP contribution in [0.4, 0.5) is 0 Å². The van der Waals surface area contributed by atoms with E-state index in [0.29, 0.717) is 0 Å². The van der Waals surface area contributed by atoms with Crippen molar-refractivity contribution < 1.29 is 0 Å². The van der Waals surface area contributed by atoms with Crippen molar-refractivity contribution in [3.63, 3.8) is 0 Å².